The molecule has 2 unspecified atom stereocenters. The highest BCUT2D eigenvalue weighted by molar-refractivity contribution is 7.85. The van der Waals surface area contributed by atoms with Gasteiger partial charge in [-0.25, -0.2) is 0 Å². The summed E-state index contributed by atoms with van der Waals surface area (Å²) in [6.07, 6.45) is 0.346. The van der Waals surface area contributed by atoms with E-state index in [0.717, 1.165) is 10.6 Å². The predicted molar refractivity (Wildman–Crippen MR) is 64.2 cm³/mol. The third-order valence-corrected chi connectivity index (χ3v) is 3.87. The summed E-state index contributed by atoms with van der Waals surface area (Å²) in [5.41, 5.74) is 0. The average Bonchev–Trinajstić information content (AvgIpc) is 2.27. The molecule has 0 aliphatic carbocycles. The zero-order valence-corrected chi connectivity index (χ0v) is 10.5. The van der Waals surface area contributed by atoms with E-state index in [2.05, 4.69) is 0 Å². The van der Waals surface area contributed by atoms with Gasteiger partial charge < -0.3 is 4.74 Å². The molecular weight excluding hydrogens is 224 g/mol. The number of Topliss-reactive ketones (excluding diaryl/α,β-unsaturated/α-hetero) is 1. The van der Waals surface area contributed by atoms with Crippen LogP contribution in [0.1, 0.15) is 20.3 Å². The molecule has 3 nitrogen and oxygen atoms in total. The normalized spacial score (nSPS) is 14.2. The first kappa shape index (κ1) is 12.9. The molecule has 0 aromatic heterocycles. The summed E-state index contributed by atoms with van der Waals surface area (Å²) in [5, 5.41) is -0.147. The molecule has 0 aliphatic rings. The second kappa shape index (κ2) is 5.80. The van der Waals surface area contributed by atoms with Gasteiger partial charge in [-0.15, -0.1) is 0 Å². The van der Waals surface area contributed by atoms with Crippen molar-refractivity contribution in [2.75, 3.05) is 7.11 Å². The molecule has 16 heavy (non-hydrogen) atoms. The van der Waals surface area contributed by atoms with Crippen molar-refractivity contribution < 1.29 is 13.7 Å². The molecule has 0 bridgehead atoms. The van der Waals surface area contributed by atoms with Crippen molar-refractivity contribution in [2.24, 2.45) is 0 Å². The van der Waals surface area contributed by atoms with Crippen LogP contribution in [0, 0.1) is 0 Å². The fourth-order valence-electron chi connectivity index (χ4n) is 1.42. The van der Waals surface area contributed by atoms with Gasteiger partial charge in [0.15, 0.2) is 0 Å². The second-order valence-electron chi connectivity index (χ2n) is 3.69. The van der Waals surface area contributed by atoms with Gasteiger partial charge >= 0.3 is 0 Å². The van der Waals surface area contributed by atoms with E-state index in [-0.39, 0.29) is 11.0 Å². The highest BCUT2D eigenvalue weighted by atomic mass is 32.2. The maximum atomic E-state index is 12.0. The topological polar surface area (TPSA) is 43.4 Å². The van der Waals surface area contributed by atoms with Crippen molar-refractivity contribution in [3.05, 3.63) is 24.3 Å². The minimum absolute atomic E-state index is 0.0642. The van der Waals surface area contributed by atoms with Gasteiger partial charge in [-0.3, -0.25) is 9.00 Å². The molecule has 0 spiro atoms. The zero-order valence-electron chi connectivity index (χ0n) is 9.73. The molecule has 0 N–H and O–H groups in total. The zero-order chi connectivity index (χ0) is 12.1. The molecular formula is C12H16O3S. The van der Waals surface area contributed by atoms with E-state index < -0.39 is 10.8 Å². The lowest BCUT2D eigenvalue weighted by Gasteiger charge is -2.09. The lowest BCUT2D eigenvalue weighted by atomic mass is 10.2. The predicted octanol–water partition coefficient (Wildman–Crippen LogP) is 2.17. The number of benzene rings is 1. The lowest BCUT2D eigenvalue weighted by Crippen LogP contribution is -2.14. The number of ketones is 1. The number of methoxy groups -OCH3 is 1. The molecule has 0 amide bonds. The van der Waals surface area contributed by atoms with E-state index >= 15 is 0 Å². The van der Waals surface area contributed by atoms with Gasteiger partial charge in [0.25, 0.3) is 0 Å². The molecule has 1 aromatic rings. The van der Waals surface area contributed by atoms with Gasteiger partial charge in [0.1, 0.15) is 11.5 Å². The maximum Gasteiger partial charge on any atom is 0.131 e. The maximum absolute atomic E-state index is 12.0. The fourth-order valence-corrected chi connectivity index (χ4v) is 2.68. The van der Waals surface area contributed by atoms with Crippen molar-refractivity contribution >= 4 is 16.6 Å². The van der Waals surface area contributed by atoms with E-state index in [4.69, 9.17) is 4.74 Å². The lowest BCUT2D eigenvalue weighted by molar-refractivity contribution is -0.116. The Morgan fingerprint density at radius 1 is 1.38 bits per heavy atom. The summed E-state index contributed by atoms with van der Waals surface area (Å²) in [4.78, 5) is 11.7. The number of carbonyl (C=O) groups is 1. The van der Waals surface area contributed by atoms with Crippen molar-refractivity contribution in [2.45, 2.75) is 30.4 Å². The molecule has 88 valence electrons. The van der Waals surface area contributed by atoms with E-state index in [1.807, 2.05) is 6.92 Å². The van der Waals surface area contributed by atoms with Crippen LogP contribution in [0.5, 0.6) is 5.75 Å². The Morgan fingerprint density at radius 2 is 1.94 bits per heavy atom. The summed E-state index contributed by atoms with van der Waals surface area (Å²) in [6.45, 7) is 3.34. The van der Waals surface area contributed by atoms with Gasteiger partial charge in [-0.05, 0) is 31.2 Å². The number of hydrogen-bond acceptors (Lipinski definition) is 3. The van der Waals surface area contributed by atoms with Gasteiger partial charge in [0.2, 0.25) is 0 Å². The van der Waals surface area contributed by atoms with Crippen LogP contribution in [0.4, 0.5) is 0 Å². The highest BCUT2D eigenvalue weighted by Crippen LogP contribution is 2.17. The molecule has 0 fully saturated rings. The van der Waals surface area contributed by atoms with E-state index in [0.29, 0.717) is 6.42 Å². The van der Waals surface area contributed by atoms with Crippen LogP contribution in [-0.2, 0) is 15.6 Å². The van der Waals surface area contributed by atoms with E-state index in [1.165, 1.54) is 6.92 Å². The van der Waals surface area contributed by atoms with Crippen LogP contribution in [0.25, 0.3) is 0 Å². The quantitative estimate of drug-likeness (QED) is 0.792. The number of rotatable bonds is 5. The van der Waals surface area contributed by atoms with Crippen molar-refractivity contribution in [1.29, 1.82) is 0 Å². The Labute approximate surface area is 98.3 Å². The Morgan fingerprint density at radius 3 is 2.38 bits per heavy atom. The number of ether oxygens (including phenoxy) is 1. The Balaban J connectivity index is 2.75. The number of hydrogen-bond donors (Lipinski definition) is 0. The molecule has 1 aromatic carbocycles. The molecule has 2 atom stereocenters. The minimum Gasteiger partial charge on any atom is -0.497 e. The van der Waals surface area contributed by atoms with Crippen LogP contribution >= 0.6 is 0 Å². The Hall–Kier alpha value is -1.16. The third-order valence-electron chi connectivity index (χ3n) is 2.23. The summed E-state index contributed by atoms with van der Waals surface area (Å²) in [7, 11) is 0.452. The molecule has 0 saturated carbocycles. The van der Waals surface area contributed by atoms with Crippen LogP contribution in [-0.4, -0.2) is 22.4 Å². The second-order valence-corrected chi connectivity index (χ2v) is 5.56. The smallest absolute Gasteiger partial charge is 0.131 e. The third kappa shape index (κ3) is 3.45. The largest absolute Gasteiger partial charge is 0.497 e. The first-order valence-electron chi connectivity index (χ1n) is 5.08. The Bertz CT molecular complexity index is 384. The van der Waals surface area contributed by atoms with Gasteiger partial charge in [0, 0.05) is 16.6 Å². The first-order valence-corrected chi connectivity index (χ1v) is 6.30. The molecule has 0 saturated heterocycles. The number of carbonyl (C=O) groups excluding carboxylic acids is 1. The summed E-state index contributed by atoms with van der Waals surface area (Å²) < 4.78 is 17.0. The molecule has 0 radical (unpaired) electrons. The monoisotopic (exact) mass is 240 g/mol. The van der Waals surface area contributed by atoms with Gasteiger partial charge in [-0.2, -0.15) is 0 Å². The van der Waals surface area contributed by atoms with Crippen LogP contribution < -0.4 is 4.74 Å². The summed E-state index contributed by atoms with van der Waals surface area (Å²) in [5.74, 6) is 0.800. The summed E-state index contributed by atoms with van der Waals surface area (Å²) >= 11 is 0. The van der Waals surface area contributed by atoms with Crippen LogP contribution in [0.15, 0.2) is 29.2 Å². The molecule has 0 aliphatic heterocycles. The van der Waals surface area contributed by atoms with Crippen molar-refractivity contribution in [3.8, 4) is 5.75 Å². The SMILES string of the molecule is COc1ccc(S(=O)C(C)CC(C)=O)cc1. The van der Waals surface area contributed by atoms with Crippen LogP contribution in [0.3, 0.4) is 0 Å². The molecule has 1 rings (SSSR count). The minimum atomic E-state index is -1.14. The van der Waals surface area contributed by atoms with Crippen LogP contribution in [0.2, 0.25) is 0 Å². The van der Waals surface area contributed by atoms with E-state index in [9.17, 15) is 9.00 Å². The molecule has 0 heterocycles. The van der Waals surface area contributed by atoms with Gasteiger partial charge in [0.05, 0.1) is 17.9 Å². The Kier molecular flexibility index (Phi) is 4.68. The summed E-state index contributed by atoms with van der Waals surface area (Å²) in [6, 6.07) is 7.08. The first-order chi connectivity index (χ1) is 7.54. The van der Waals surface area contributed by atoms with Gasteiger partial charge in [-0.1, -0.05) is 6.92 Å². The van der Waals surface area contributed by atoms with E-state index in [1.54, 1.807) is 31.4 Å². The standard InChI is InChI=1S/C12H16O3S/c1-9(13)8-10(2)16(14)12-6-4-11(15-3)5-7-12/h4-7,10H,8H2,1-3H3. The molecule has 4 heteroatoms. The average molecular weight is 240 g/mol. The van der Waals surface area contributed by atoms with Crippen molar-refractivity contribution in [3.63, 3.8) is 0 Å². The van der Waals surface area contributed by atoms with Crippen molar-refractivity contribution in [1.82, 2.24) is 0 Å². The highest BCUT2D eigenvalue weighted by Gasteiger charge is 2.15. The fraction of sp³-hybridized carbons (Fsp3) is 0.417.